The SMILES string of the molecule is COC(=O)c1ccc2[nH]c3c(c2c1)CN(C(=O)c1ccc2ccccc2c1)CC3. The minimum absolute atomic E-state index is 0.0277. The summed E-state index contributed by atoms with van der Waals surface area (Å²) in [5.41, 5.74) is 4.39. The smallest absolute Gasteiger partial charge is 0.337 e. The Labute approximate surface area is 167 Å². The van der Waals surface area contributed by atoms with Gasteiger partial charge in [-0.3, -0.25) is 4.79 Å². The molecule has 5 nitrogen and oxygen atoms in total. The highest BCUT2D eigenvalue weighted by Crippen LogP contribution is 2.30. The van der Waals surface area contributed by atoms with E-state index in [0.29, 0.717) is 24.2 Å². The van der Waals surface area contributed by atoms with Gasteiger partial charge in [-0.25, -0.2) is 4.79 Å². The number of amides is 1. The topological polar surface area (TPSA) is 62.4 Å². The molecule has 0 unspecified atom stereocenters. The minimum Gasteiger partial charge on any atom is -0.465 e. The zero-order valence-corrected chi connectivity index (χ0v) is 16.1. The Balaban J connectivity index is 1.48. The highest BCUT2D eigenvalue weighted by molar-refractivity contribution is 6.00. The van der Waals surface area contributed by atoms with Crippen LogP contribution in [0.5, 0.6) is 0 Å². The van der Waals surface area contributed by atoms with Crippen LogP contribution in [0.4, 0.5) is 0 Å². The molecule has 3 aromatic carbocycles. The Kier molecular flexibility index (Phi) is 4.09. The maximum Gasteiger partial charge on any atom is 0.337 e. The molecular formula is C24H20N2O3. The minimum atomic E-state index is -0.359. The van der Waals surface area contributed by atoms with Crippen molar-refractivity contribution in [2.75, 3.05) is 13.7 Å². The molecule has 0 saturated heterocycles. The number of carbonyl (C=O) groups is 2. The third-order valence-corrected chi connectivity index (χ3v) is 5.68. The molecule has 2 heterocycles. The molecule has 5 rings (SSSR count). The molecule has 0 atom stereocenters. The quantitative estimate of drug-likeness (QED) is 0.524. The summed E-state index contributed by atoms with van der Waals surface area (Å²) < 4.78 is 4.84. The summed E-state index contributed by atoms with van der Waals surface area (Å²) in [6.45, 7) is 1.18. The second-order valence-electron chi connectivity index (χ2n) is 7.37. The van der Waals surface area contributed by atoms with Gasteiger partial charge >= 0.3 is 5.97 Å². The van der Waals surface area contributed by atoms with E-state index in [0.717, 1.165) is 39.4 Å². The average molecular weight is 384 g/mol. The van der Waals surface area contributed by atoms with Gasteiger partial charge in [0.1, 0.15) is 0 Å². The molecule has 1 aliphatic rings. The summed E-state index contributed by atoms with van der Waals surface area (Å²) in [4.78, 5) is 30.4. The number of aromatic amines is 1. The molecular weight excluding hydrogens is 364 g/mol. The van der Waals surface area contributed by atoms with Crippen molar-refractivity contribution in [1.29, 1.82) is 0 Å². The number of methoxy groups -OCH3 is 1. The van der Waals surface area contributed by atoms with Crippen LogP contribution in [0.1, 0.15) is 32.0 Å². The van der Waals surface area contributed by atoms with Crippen molar-refractivity contribution >= 4 is 33.6 Å². The van der Waals surface area contributed by atoms with Crippen molar-refractivity contribution in [2.24, 2.45) is 0 Å². The number of esters is 1. The number of ether oxygens (including phenoxy) is 1. The van der Waals surface area contributed by atoms with E-state index < -0.39 is 0 Å². The predicted octanol–water partition coefficient (Wildman–Crippen LogP) is 4.31. The van der Waals surface area contributed by atoms with Gasteiger partial charge in [-0.15, -0.1) is 0 Å². The van der Waals surface area contributed by atoms with Crippen LogP contribution in [0.2, 0.25) is 0 Å². The van der Waals surface area contributed by atoms with Crippen LogP contribution >= 0.6 is 0 Å². The van der Waals surface area contributed by atoms with Crippen molar-refractivity contribution in [3.63, 3.8) is 0 Å². The number of fused-ring (bicyclic) bond motifs is 4. The fourth-order valence-electron chi connectivity index (χ4n) is 4.14. The third kappa shape index (κ3) is 2.95. The summed E-state index contributed by atoms with van der Waals surface area (Å²) >= 11 is 0. The van der Waals surface area contributed by atoms with Crippen LogP contribution < -0.4 is 0 Å². The molecule has 0 saturated carbocycles. The molecule has 0 radical (unpaired) electrons. The number of H-pyrrole nitrogens is 1. The Morgan fingerprint density at radius 2 is 1.76 bits per heavy atom. The summed E-state index contributed by atoms with van der Waals surface area (Å²) in [6, 6.07) is 19.4. The van der Waals surface area contributed by atoms with E-state index in [-0.39, 0.29) is 11.9 Å². The van der Waals surface area contributed by atoms with Crippen molar-refractivity contribution in [3.8, 4) is 0 Å². The number of hydrogen-bond donors (Lipinski definition) is 1. The van der Waals surface area contributed by atoms with E-state index >= 15 is 0 Å². The third-order valence-electron chi connectivity index (χ3n) is 5.68. The number of nitrogens with zero attached hydrogens (tertiary/aromatic N) is 1. The second kappa shape index (κ2) is 6.78. The normalized spacial score (nSPS) is 13.5. The zero-order chi connectivity index (χ0) is 20.0. The van der Waals surface area contributed by atoms with Crippen LogP contribution in [0, 0.1) is 0 Å². The van der Waals surface area contributed by atoms with Gasteiger partial charge in [0.25, 0.3) is 5.91 Å². The molecule has 0 fully saturated rings. The van der Waals surface area contributed by atoms with Crippen LogP contribution in [0.25, 0.3) is 21.7 Å². The fraction of sp³-hybridized carbons (Fsp3) is 0.167. The molecule has 0 aliphatic carbocycles. The van der Waals surface area contributed by atoms with Gasteiger partial charge in [-0.1, -0.05) is 30.3 Å². The van der Waals surface area contributed by atoms with Gasteiger partial charge in [-0.2, -0.15) is 0 Å². The first kappa shape index (κ1) is 17.5. The van der Waals surface area contributed by atoms with E-state index in [9.17, 15) is 9.59 Å². The molecule has 1 aliphatic heterocycles. The summed E-state index contributed by atoms with van der Waals surface area (Å²) in [6.07, 6.45) is 0.761. The van der Waals surface area contributed by atoms with Gasteiger partial charge in [0.05, 0.1) is 12.7 Å². The lowest BCUT2D eigenvalue weighted by Crippen LogP contribution is -2.35. The maximum absolute atomic E-state index is 13.2. The van der Waals surface area contributed by atoms with Crippen molar-refractivity contribution in [1.82, 2.24) is 9.88 Å². The van der Waals surface area contributed by atoms with Crippen LogP contribution in [0.3, 0.4) is 0 Å². The predicted molar refractivity (Wildman–Crippen MR) is 112 cm³/mol. The number of hydrogen-bond acceptors (Lipinski definition) is 3. The molecule has 29 heavy (non-hydrogen) atoms. The number of benzene rings is 3. The number of aromatic nitrogens is 1. The largest absolute Gasteiger partial charge is 0.465 e. The maximum atomic E-state index is 13.2. The summed E-state index contributed by atoms with van der Waals surface area (Å²) in [7, 11) is 1.38. The van der Waals surface area contributed by atoms with E-state index in [2.05, 4.69) is 4.98 Å². The lowest BCUT2D eigenvalue weighted by molar-refractivity contribution is 0.0600. The van der Waals surface area contributed by atoms with Crippen molar-refractivity contribution in [3.05, 3.63) is 83.0 Å². The Morgan fingerprint density at radius 3 is 2.59 bits per heavy atom. The van der Waals surface area contributed by atoms with Crippen LogP contribution in [-0.4, -0.2) is 35.4 Å². The van der Waals surface area contributed by atoms with Gasteiger partial charge in [0.2, 0.25) is 0 Å². The Hall–Kier alpha value is -3.60. The monoisotopic (exact) mass is 384 g/mol. The van der Waals surface area contributed by atoms with Gasteiger partial charge < -0.3 is 14.6 Å². The first-order valence-electron chi connectivity index (χ1n) is 9.64. The lowest BCUT2D eigenvalue weighted by atomic mass is 10.0. The molecule has 0 bridgehead atoms. The van der Waals surface area contributed by atoms with Gasteiger partial charge in [0.15, 0.2) is 0 Å². The van der Waals surface area contributed by atoms with Gasteiger partial charge in [-0.05, 0) is 41.1 Å². The standard InChI is InChI=1S/C24H20N2O3/c1-29-24(28)18-8-9-21-19(13-18)20-14-26(11-10-22(20)25-21)23(27)17-7-6-15-4-2-3-5-16(15)12-17/h2-9,12-13,25H,10-11,14H2,1H3. The highest BCUT2D eigenvalue weighted by Gasteiger charge is 2.25. The Bertz CT molecular complexity index is 1270. The van der Waals surface area contributed by atoms with Gasteiger partial charge in [0, 0.05) is 47.2 Å². The van der Waals surface area contributed by atoms with E-state index in [1.165, 1.54) is 7.11 Å². The molecule has 4 aromatic rings. The molecule has 1 aromatic heterocycles. The lowest BCUT2D eigenvalue weighted by Gasteiger charge is -2.27. The molecule has 1 amide bonds. The Morgan fingerprint density at radius 1 is 0.966 bits per heavy atom. The van der Waals surface area contributed by atoms with E-state index in [1.54, 1.807) is 6.07 Å². The molecule has 5 heteroatoms. The van der Waals surface area contributed by atoms with Crippen molar-refractivity contribution < 1.29 is 14.3 Å². The average Bonchev–Trinajstić information content (AvgIpc) is 3.14. The number of rotatable bonds is 2. The van der Waals surface area contributed by atoms with Crippen molar-refractivity contribution in [2.45, 2.75) is 13.0 Å². The van der Waals surface area contributed by atoms with E-state index in [4.69, 9.17) is 4.74 Å². The molecule has 1 N–H and O–H groups in total. The first-order chi connectivity index (χ1) is 14.1. The van der Waals surface area contributed by atoms with E-state index in [1.807, 2.05) is 59.5 Å². The molecule has 0 spiro atoms. The fourth-order valence-corrected chi connectivity index (χ4v) is 4.14. The second-order valence-corrected chi connectivity index (χ2v) is 7.37. The number of carbonyl (C=O) groups excluding carboxylic acids is 2. The summed E-state index contributed by atoms with van der Waals surface area (Å²) in [5.74, 6) is -0.332. The molecule has 144 valence electrons. The van der Waals surface area contributed by atoms with Crippen LogP contribution in [-0.2, 0) is 17.7 Å². The summed E-state index contributed by atoms with van der Waals surface area (Å²) in [5, 5.41) is 3.15. The zero-order valence-electron chi connectivity index (χ0n) is 16.1. The number of nitrogens with one attached hydrogen (secondary N) is 1. The van der Waals surface area contributed by atoms with Crippen LogP contribution in [0.15, 0.2) is 60.7 Å². The highest BCUT2D eigenvalue weighted by atomic mass is 16.5. The first-order valence-corrected chi connectivity index (χ1v) is 9.64.